The molecular formula is C18H24O. The van der Waals surface area contributed by atoms with Crippen LogP contribution in [0.3, 0.4) is 0 Å². The summed E-state index contributed by atoms with van der Waals surface area (Å²) in [5, 5.41) is 2.67. The van der Waals surface area contributed by atoms with Crippen molar-refractivity contribution in [3.8, 4) is 0 Å². The van der Waals surface area contributed by atoms with Gasteiger partial charge in [0.15, 0.2) is 0 Å². The Hall–Kier alpha value is -1.34. The third kappa shape index (κ3) is 4.07. The summed E-state index contributed by atoms with van der Waals surface area (Å²) in [5.41, 5.74) is 1.39. The minimum Gasteiger partial charge on any atom is -0.378 e. The second kappa shape index (κ2) is 7.30. The van der Waals surface area contributed by atoms with Gasteiger partial charge in [0.25, 0.3) is 0 Å². The number of fused-ring (bicyclic) bond motifs is 1. The summed E-state index contributed by atoms with van der Waals surface area (Å²) in [6.45, 7) is 5.22. The number of hydrogen-bond acceptors (Lipinski definition) is 1. The summed E-state index contributed by atoms with van der Waals surface area (Å²) in [7, 11) is 0. The predicted molar refractivity (Wildman–Crippen MR) is 82.6 cm³/mol. The zero-order chi connectivity index (χ0) is 13.5. The summed E-state index contributed by atoms with van der Waals surface area (Å²) in [6.07, 6.45) is 5.06. The summed E-state index contributed by atoms with van der Waals surface area (Å²) < 4.78 is 5.90. The van der Waals surface area contributed by atoms with E-state index in [0.29, 0.717) is 6.10 Å². The SMILES string of the molecule is CCCCC(C)OCCc1cccc2ccccc12. The number of hydrogen-bond donors (Lipinski definition) is 0. The fourth-order valence-electron chi connectivity index (χ4n) is 2.46. The van der Waals surface area contributed by atoms with Crippen LogP contribution in [0.25, 0.3) is 10.8 Å². The van der Waals surface area contributed by atoms with E-state index in [1.165, 1.54) is 35.6 Å². The van der Waals surface area contributed by atoms with Crippen LogP contribution in [-0.2, 0) is 11.2 Å². The monoisotopic (exact) mass is 256 g/mol. The van der Waals surface area contributed by atoms with Gasteiger partial charge in [0.2, 0.25) is 0 Å². The molecule has 0 aliphatic carbocycles. The van der Waals surface area contributed by atoms with Gasteiger partial charge in [0.1, 0.15) is 0 Å². The Morgan fingerprint density at radius 3 is 2.68 bits per heavy atom. The molecule has 1 unspecified atom stereocenters. The number of unbranched alkanes of at least 4 members (excludes halogenated alkanes) is 1. The van der Waals surface area contributed by atoms with Crippen molar-refractivity contribution in [2.45, 2.75) is 45.6 Å². The molecule has 0 aliphatic rings. The van der Waals surface area contributed by atoms with E-state index in [4.69, 9.17) is 4.74 Å². The summed E-state index contributed by atoms with van der Waals surface area (Å²) in [5.74, 6) is 0. The fraction of sp³-hybridized carbons (Fsp3) is 0.444. The van der Waals surface area contributed by atoms with Gasteiger partial charge < -0.3 is 4.74 Å². The summed E-state index contributed by atoms with van der Waals surface area (Å²) in [4.78, 5) is 0. The predicted octanol–water partition coefficient (Wildman–Crippen LogP) is 4.98. The van der Waals surface area contributed by atoms with E-state index in [2.05, 4.69) is 56.3 Å². The third-order valence-electron chi connectivity index (χ3n) is 3.62. The second-order valence-corrected chi connectivity index (χ2v) is 5.21. The first-order chi connectivity index (χ1) is 9.31. The molecule has 0 saturated heterocycles. The molecule has 0 fully saturated rings. The highest BCUT2D eigenvalue weighted by Gasteiger charge is 2.03. The maximum atomic E-state index is 5.90. The van der Waals surface area contributed by atoms with Crippen LogP contribution in [-0.4, -0.2) is 12.7 Å². The van der Waals surface area contributed by atoms with Crippen molar-refractivity contribution in [3.05, 3.63) is 48.0 Å². The van der Waals surface area contributed by atoms with E-state index in [9.17, 15) is 0 Å². The van der Waals surface area contributed by atoms with Gasteiger partial charge in [0, 0.05) is 0 Å². The fourth-order valence-corrected chi connectivity index (χ4v) is 2.46. The van der Waals surface area contributed by atoms with E-state index in [-0.39, 0.29) is 0 Å². The lowest BCUT2D eigenvalue weighted by molar-refractivity contribution is 0.0612. The summed E-state index contributed by atoms with van der Waals surface area (Å²) in [6, 6.07) is 15.1. The third-order valence-corrected chi connectivity index (χ3v) is 3.62. The molecule has 0 bridgehead atoms. The Labute approximate surface area is 116 Å². The molecule has 0 radical (unpaired) electrons. The number of rotatable bonds is 7. The molecular weight excluding hydrogens is 232 g/mol. The van der Waals surface area contributed by atoms with E-state index in [1.807, 2.05) is 0 Å². The normalized spacial score (nSPS) is 12.7. The first-order valence-corrected chi connectivity index (χ1v) is 7.39. The Kier molecular flexibility index (Phi) is 5.41. The molecule has 2 rings (SSSR count). The molecule has 0 aliphatic heterocycles. The average Bonchev–Trinajstić information content (AvgIpc) is 2.45. The Bertz CT molecular complexity index is 499. The van der Waals surface area contributed by atoms with E-state index < -0.39 is 0 Å². The van der Waals surface area contributed by atoms with Gasteiger partial charge in [-0.1, -0.05) is 62.2 Å². The Balaban J connectivity index is 1.91. The number of benzene rings is 2. The molecule has 19 heavy (non-hydrogen) atoms. The molecule has 2 aromatic carbocycles. The Morgan fingerprint density at radius 2 is 1.84 bits per heavy atom. The average molecular weight is 256 g/mol. The lowest BCUT2D eigenvalue weighted by Crippen LogP contribution is -2.10. The zero-order valence-corrected chi connectivity index (χ0v) is 12.1. The zero-order valence-electron chi connectivity index (χ0n) is 12.1. The van der Waals surface area contributed by atoms with Gasteiger partial charge >= 0.3 is 0 Å². The van der Waals surface area contributed by atoms with Gasteiger partial charge in [-0.25, -0.2) is 0 Å². The number of ether oxygens (including phenoxy) is 1. The maximum Gasteiger partial charge on any atom is 0.0547 e. The summed E-state index contributed by atoms with van der Waals surface area (Å²) >= 11 is 0. The molecule has 0 spiro atoms. The van der Waals surface area contributed by atoms with Crippen molar-refractivity contribution < 1.29 is 4.74 Å². The van der Waals surface area contributed by atoms with Crippen LogP contribution in [0, 0.1) is 0 Å². The highest BCUT2D eigenvalue weighted by atomic mass is 16.5. The first kappa shape index (κ1) is 14.1. The maximum absolute atomic E-state index is 5.90. The van der Waals surface area contributed by atoms with Gasteiger partial charge in [0.05, 0.1) is 12.7 Å². The van der Waals surface area contributed by atoms with Gasteiger partial charge in [-0.3, -0.25) is 0 Å². The molecule has 1 heteroatoms. The van der Waals surface area contributed by atoms with Crippen LogP contribution in [0.1, 0.15) is 38.7 Å². The van der Waals surface area contributed by atoms with E-state index in [1.54, 1.807) is 0 Å². The largest absolute Gasteiger partial charge is 0.378 e. The van der Waals surface area contributed by atoms with Crippen LogP contribution in [0.2, 0.25) is 0 Å². The highest BCUT2D eigenvalue weighted by molar-refractivity contribution is 5.85. The van der Waals surface area contributed by atoms with Gasteiger partial charge in [-0.2, -0.15) is 0 Å². The Morgan fingerprint density at radius 1 is 1.05 bits per heavy atom. The lowest BCUT2D eigenvalue weighted by atomic mass is 10.0. The smallest absolute Gasteiger partial charge is 0.0547 e. The van der Waals surface area contributed by atoms with Crippen LogP contribution in [0.5, 0.6) is 0 Å². The van der Waals surface area contributed by atoms with Gasteiger partial charge in [-0.05, 0) is 36.1 Å². The van der Waals surface area contributed by atoms with Crippen LogP contribution < -0.4 is 0 Å². The molecule has 0 amide bonds. The standard InChI is InChI=1S/C18H24O/c1-3-4-8-15(2)19-14-13-17-11-7-10-16-9-5-6-12-18(16)17/h5-7,9-12,15H,3-4,8,13-14H2,1-2H3. The first-order valence-electron chi connectivity index (χ1n) is 7.39. The molecule has 0 heterocycles. The topological polar surface area (TPSA) is 9.23 Å². The lowest BCUT2D eigenvalue weighted by Gasteiger charge is -2.13. The molecule has 1 atom stereocenters. The minimum absolute atomic E-state index is 0.384. The van der Waals surface area contributed by atoms with Crippen LogP contribution >= 0.6 is 0 Å². The van der Waals surface area contributed by atoms with E-state index >= 15 is 0 Å². The van der Waals surface area contributed by atoms with Crippen molar-refractivity contribution in [1.29, 1.82) is 0 Å². The quantitative estimate of drug-likeness (QED) is 0.679. The van der Waals surface area contributed by atoms with Crippen molar-refractivity contribution in [1.82, 2.24) is 0 Å². The van der Waals surface area contributed by atoms with Crippen LogP contribution in [0.15, 0.2) is 42.5 Å². The molecule has 0 aromatic heterocycles. The van der Waals surface area contributed by atoms with Crippen molar-refractivity contribution >= 4 is 10.8 Å². The van der Waals surface area contributed by atoms with Gasteiger partial charge in [-0.15, -0.1) is 0 Å². The van der Waals surface area contributed by atoms with Crippen molar-refractivity contribution in [3.63, 3.8) is 0 Å². The van der Waals surface area contributed by atoms with Crippen LogP contribution in [0.4, 0.5) is 0 Å². The molecule has 0 saturated carbocycles. The molecule has 0 N–H and O–H groups in total. The minimum atomic E-state index is 0.384. The second-order valence-electron chi connectivity index (χ2n) is 5.21. The molecule has 102 valence electrons. The van der Waals surface area contributed by atoms with Crippen molar-refractivity contribution in [2.24, 2.45) is 0 Å². The van der Waals surface area contributed by atoms with Crippen molar-refractivity contribution in [2.75, 3.05) is 6.61 Å². The van der Waals surface area contributed by atoms with E-state index in [0.717, 1.165) is 13.0 Å². The molecule has 2 aromatic rings. The molecule has 1 nitrogen and oxygen atoms in total. The highest BCUT2D eigenvalue weighted by Crippen LogP contribution is 2.19.